The molecule has 10 N–H and O–H groups in total. The van der Waals surface area contributed by atoms with Gasteiger partial charge in [0.25, 0.3) is 0 Å². The molecule has 1 aromatic carbocycles. The van der Waals surface area contributed by atoms with E-state index in [4.69, 9.17) is 17.2 Å². The van der Waals surface area contributed by atoms with Crippen molar-refractivity contribution in [1.29, 1.82) is 0 Å². The summed E-state index contributed by atoms with van der Waals surface area (Å²) in [5.41, 5.74) is 18.5. The molecule has 218 valence electrons. The van der Waals surface area contributed by atoms with E-state index in [-0.39, 0.29) is 37.8 Å². The van der Waals surface area contributed by atoms with Gasteiger partial charge in [-0.15, -0.1) is 0 Å². The minimum Gasteiger partial charge on any atom is -0.480 e. The molecule has 2 heterocycles. The van der Waals surface area contributed by atoms with Crippen molar-refractivity contribution in [3.63, 3.8) is 0 Å². The summed E-state index contributed by atoms with van der Waals surface area (Å²) >= 11 is 0. The largest absolute Gasteiger partial charge is 0.480 e. The second-order valence-electron chi connectivity index (χ2n) is 10.4. The van der Waals surface area contributed by atoms with Crippen molar-refractivity contribution in [2.75, 3.05) is 13.1 Å². The fourth-order valence-corrected chi connectivity index (χ4v) is 4.82. The number of nitrogens with one attached hydrogen (secondary N) is 3. The van der Waals surface area contributed by atoms with Crippen molar-refractivity contribution in [3.05, 3.63) is 36.0 Å². The molecule has 13 nitrogen and oxygen atoms in total. The van der Waals surface area contributed by atoms with Crippen LogP contribution in [0.2, 0.25) is 0 Å². The molecule has 1 saturated heterocycles. The molecule has 4 unspecified atom stereocenters. The molecule has 4 atom stereocenters. The van der Waals surface area contributed by atoms with Crippen LogP contribution >= 0.6 is 0 Å². The molecule has 0 bridgehead atoms. The fourth-order valence-electron chi connectivity index (χ4n) is 4.82. The first-order chi connectivity index (χ1) is 19.0. The van der Waals surface area contributed by atoms with Gasteiger partial charge in [0.05, 0.1) is 6.04 Å². The highest BCUT2D eigenvalue weighted by molar-refractivity contribution is 5.95. The van der Waals surface area contributed by atoms with Crippen molar-refractivity contribution in [1.82, 2.24) is 20.5 Å². The zero-order chi connectivity index (χ0) is 29.4. The molecule has 0 aliphatic carbocycles. The van der Waals surface area contributed by atoms with E-state index < -0.39 is 47.9 Å². The van der Waals surface area contributed by atoms with Gasteiger partial charge in [0.15, 0.2) is 5.96 Å². The van der Waals surface area contributed by atoms with Gasteiger partial charge in [-0.2, -0.15) is 0 Å². The summed E-state index contributed by atoms with van der Waals surface area (Å²) in [6.45, 7) is 4.11. The Morgan fingerprint density at radius 3 is 2.50 bits per heavy atom. The van der Waals surface area contributed by atoms with Crippen LogP contribution in [0, 0.1) is 5.92 Å². The van der Waals surface area contributed by atoms with Crippen LogP contribution in [-0.2, 0) is 25.6 Å². The van der Waals surface area contributed by atoms with E-state index in [9.17, 15) is 24.3 Å². The number of aliphatic carboxylic acids is 1. The van der Waals surface area contributed by atoms with E-state index in [2.05, 4.69) is 20.6 Å². The number of carbonyl (C=O) groups is 4. The molecule has 2 aromatic rings. The molecule has 1 aliphatic rings. The second-order valence-corrected chi connectivity index (χ2v) is 10.4. The zero-order valence-corrected chi connectivity index (χ0v) is 22.9. The highest BCUT2D eigenvalue weighted by Gasteiger charge is 2.38. The SMILES string of the molecule is CC(C)C(N)C(=O)NC(Cc1c[nH]c2ccccc12)C(=O)NC(CCCN=C(N)N)C(=O)N1CCCC1C(=O)O. The Morgan fingerprint density at radius 2 is 1.82 bits per heavy atom. The molecule has 0 spiro atoms. The molecule has 3 amide bonds. The summed E-state index contributed by atoms with van der Waals surface area (Å²) in [5.74, 6) is -2.93. The minimum absolute atomic E-state index is 0.0969. The lowest BCUT2D eigenvalue weighted by Crippen LogP contribution is -2.58. The Kier molecular flexibility index (Phi) is 10.5. The summed E-state index contributed by atoms with van der Waals surface area (Å²) < 4.78 is 0. The van der Waals surface area contributed by atoms with Gasteiger partial charge in [-0.05, 0) is 43.2 Å². The lowest BCUT2D eigenvalue weighted by Gasteiger charge is -2.29. The number of amides is 3. The van der Waals surface area contributed by atoms with Crippen molar-refractivity contribution in [2.45, 2.75) is 70.1 Å². The Morgan fingerprint density at radius 1 is 1.12 bits per heavy atom. The normalized spacial score (nSPS) is 17.3. The maximum absolute atomic E-state index is 13.7. The van der Waals surface area contributed by atoms with E-state index in [0.717, 1.165) is 16.5 Å². The monoisotopic (exact) mass is 556 g/mol. The van der Waals surface area contributed by atoms with Gasteiger partial charge in [0, 0.05) is 36.6 Å². The van der Waals surface area contributed by atoms with E-state index >= 15 is 0 Å². The number of benzene rings is 1. The van der Waals surface area contributed by atoms with Gasteiger partial charge < -0.3 is 42.8 Å². The second kappa shape index (κ2) is 13.8. The number of nitrogens with two attached hydrogens (primary N) is 3. The van der Waals surface area contributed by atoms with Gasteiger partial charge in [0.2, 0.25) is 17.7 Å². The van der Waals surface area contributed by atoms with Gasteiger partial charge in [-0.1, -0.05) is 32.0 Å². The average molecular weight is 557 g/mol. The van der Waals surface area contributed by atoms with Crippen LogP contribution in [0.3, 0.4) is 0 Å². The molecule has 0 radical (unpaired) electrons. The first-order valence-corrected chi connectivity index (χ1v) is 13.5. The lowest BCUT2D eigenvalue weighted by molar-refractivity contribution is -0.149. The third-order valence-corrected chi connectivity index (χ3v) is 7.13. The number of likely N-dealkylation sites (tertiary alicyclic amines) is 1. The summed E-state index contributed by atoms with van der Waals surface area (Å²) in [6, 6.07) is 3.70. The van der Waals surface area contributed by atoms with Crippen LogP contribution in [0.4, 0.5) is 0 Å². The number of nitrogens with zero attached hydrogens (tertiary/aromatic N) is 2. The highest BCUT2D eigenvalue weighted by Crippen LogP contribution is 2.21. The number of carbonyl (C=O) groups excluding carboxylic acids is 3. The third-order valence-electron chi connectivity index (χ3n) is 7.13. The first kappa shape index (κ1) is 30.4. The fraction of sp³-hybridized carbons (Fsp3) is 0.519. The van der Waals surface area contributed by atoms with Crippen LogP contribution in [0.5, 0.6) is 0 Å². The molecular formula is C27H40N8O5. The van der Waals surface area contributed by atoms with Crippen LogP contribution in [0.15, 0.2) is 35.5 Å². The number of H-pyrrole nitrogens is 1. The van der Waals surface area contributed by atoms with E-state index in [1.807, 2.05) is 24.3 Å². The molecule has 3 rings (SSSR count). The topological polar surface area (TPSA) is 222 Å². The Labute approximate surface area is 232 Å². The Balaban J connectivity index is 1.86. The van der Waals surface area contributed by atoms with Crippen LogP contribution < -0.4 is 27.8 Å². The zero-order valence-electron chi connectivity index (χ0n) is 22.9. The van der Waals surface area contributed by atoms with Gasteiger partial charge in [-0.3, -0.25) is 19.4 Å². The summed E-state index contributed by atoms with van der Waals surface area (Å²) in [4.78, 5) is 60.2. The Hall–Kier alpha value is -4.13. The highest BCUT2D eigenvalue weighted by atomic mass is 16.4. The quantitative estimate of drug-likeness (QED) is 0.0991. The third kappa shape index (κ3) is 7.72. The smallest absolute Gasteiger partial charge is 0.326 e. The number of hydrogen-bond donors (Lipinski definition) is 7. The number of fused-ring (bicyclic) bond motifs is 1. The van der Waals surface area contributed by atoms with Crippen LogP contribution in [-0.4, -0.2) is 81.9 Å². The number of carboxylic acids is 1. The van der Waals surface area contributed by atoms with E-state index in [1.54, 1.807) is 20.0 Å². The van der Waals surface area contributed by atoms with Gasteiger partial charge in [0.1, 0.15) is 18.1 Å². The maximum atomic E-state index is 13.7. The predicted octanol–water partition coefficient (Wildman–Crippen LogP) is -0.207. The molecule has 0 saturated carbocycles. The predicted molar refractivity (Wildman–Crippen MR) is 151 cm³/mol. The molecule has 1 aliphatic heterocycles. The first-order valence-electron chi connectivity index (χ1n) is 13.5. The van der Waals surface area contributed by atoms with E-state index in [1.165, 1.54) is 4.90 Å². The van der Waals surface area contributed by atoms with Crippen molar-refractivity contribution in [3.8, 4) is 0 Å². The molecule has 1 fully saturated rings. The average Bonchev–Trinajstić information content (AvgIpc) is 3.56. The number of rotatable bonds is 13. The minimum atomic E-state index is -1.09. The number of hydrogen-bond acceptors (Lipinski definition) is 6. The molecule has 40 heavy (non-hydrogen) atoms. The van der Waals surface area contributed by atoms with Crippen molar-refractivity contribution >= 4 is 40.6 Å². The van der Waals surface area contributed by atoms with Crippen molar-refractivity contribution in [2.24, 2.45) is 28.1 Å². The van der Waals surface area contributed by atoms with Gasteiger partial charge >= 0.3 is 5.97 Å². The molecule has 1 aromatic heterocycles. The number of guanidine groups is 1. The number of para-hydroxylation sites is 1. The number of aliphatic imine (C=N–C) groups is 1. The number of aromatic amines is 1. The maximum Gasteiger partial charge on any atom is 0.326 e. The van der Waals surface area contributed by atoms with Crippen LogP contribution in [0.1, 0.15) is 45.1 Å². The van der Waals surface area contributed by atoms with E-state index in [0.29, 0.717) is 19.3 Å². The van der Waals surface area contributed by atoms with Crippen molar-refractivity contribution < 1.29 is 24.3 Å². The Bertz CT molecular complexity index is 1240. The molecular weight excluding hydrogens is 516 g/mol. The van der Waals surface area contributed by atoms with Crippen LogP contribution in [0.25, 0.3) is 10.9 Å². The summed E-state index contributed by atoms with van der Waals surface area (Å²) in [6.07, 6.45) is 3.33. The summed E-state index contributed by atoms with van der Waals surface area (Å²) in [5, 5.41) is 16.0. The number of carboxylic acid groups (broad SMARTS) is 1. The summed E-state index contributed by atoms with van der Waals surface area (Å²) in [7, 11) is 0. The standard InChI is InChI=1S/C27H40N8O5/c1-15(2)22(28)24(37)34-20(13-16-14-32-18-8-4-3-7-17(16)18)23(36)33-19(9-5-11-31-27(29)30)25(38)35-12-6-10-21(35)26(39)40/h3-4,7-8,14-15,19-22,32H,5-6,9-13,28H2,1-2H3,(H,33,36)(H,34,37)(H,39,40)(H4,29,30,31). The van der Waals surface area contributed by atoms with Gasteiger partial charge in [-0.25, -0.2) is 4.79 Å². The number of aromatic nitrogens is 1. The lowest BCUT2D eigenvalue weighted by atomic mass is 10.0. The molecule has 13 heteroatoms.